The van der Waals surface area contributed by atoms with Crippen LogP contribution < -0.4 is 20.9 Å². The quantitative estimate of drug-likeness (QED) is 0.482. The zero-order valence-electron chi connectivity index (χ0n) is 19.2. The topological polar surface area (TPSA) is 126 Å². The molecule has 0 bridgehead atoms. The molecule has 3 N–H and O–H groups in total. The second-order valence-corrected chi connectivity index (χ2v) is 8.52. The average Bonchev–Trinajstić information content (AvgIpc) is 3.27. The van der Waals surface area contributed by atoms with Crippen LogP contribution >= 0.6 is 0 Å². The molecule has 0 spiro atoms. The number of hydrogen-bond acceptors (Lipinski definition) is 8. The first-order chi connectivity index (χ1) is 16.6. The van der Waals surface area contributed by atoms with E-state index in [1.807, 2.05) is 18.2 Å². The summed E-state index contributed by atoms with van der Waals surface area (Å²) < 4.78 is 6.96. The minimum atomic E-state index is -0.451. The number of carbonyl (C=O) groups excluding carboxylic acids is 2. The van der Waals surface area contributed by atoms with Crippen molar-refractivity contribution < 1.29 is 14.3 Å². The molecule has 2 aliphatic rings. The molecule has 0 radical (unpaired) electrons. The number of methoxy groups -OCH3 is 1. The van der Waals surface area contributed by atoms with Crippen molar-refractivity contribution in [2.24, 2.45) is 0 Å². The van der Waals surface area contributed by atoms with E-state index in [2.05, 4.69) is 31.0 Å². The number of aromatic nitrogens is 4. The minimum absolute atomic E-state index is 0.0185. The lowest BCUT2D eigenvalue weighted by atomic mass is 9.89. The molecule has 1 aliphatic heterocycles. The van der Waals surface area contributed by atoms with Gasteiger partial charge in [0.25, 0.3) is 11.8 Å². The minimum Gasteiger partial charge on any atom is -0.379 e. The predicted octanol–water partition coefficient (Wildman–Crippen LogP) is 1.68. The Labute approximate surface area is 196 Å². The van der Waals surface area contributed by atoms with Crippen molar-refractivity contribution >= 4 is 34.9 Å². The highest BCUT2D eigenvalue weighted by Gasteiger charge is 2.33. The van der Waals surface area contributed by atoms with Crippen molar-refractivity contribution in [2.45, 2.75) is 43.9 Å². The smallest absolute Gasteiger partial charge is 0.257 e. The normalized spacial score (nSPS) is 22.4. The maximum atomic E-state index is 13.2. The Morgan fingerprint density at radius 2 is 2.12 bits per heavy atom. The third kappa shape index (κ3) is 4.03. The van der Waals surface area contributed by atoms with Gasteiger partial charge < -0.3 is 20.7 Å². The van der Waals surface area contributed by atoms with Gasteiger partial charge >= 0.3 is 0 Å². The van der Waals surface area contributed by atoms with Crippen LogP contribution in [0.15, 0.2) is 36.7 Å². The van der Waals surface area contributed by atoms with Crippen molar-refractivity contribution in [1.29, 1.82) is 0 Å². The second-order valence-electron chi connectivity index (χ2n) is 8.52. The van der Waals surface area contributed by atoms with Crippen molar-refractivity contribution in [3.63, 3.8) is 0 Å². The van der Waals surface area contributed by atoms with Crippen LogP contribution in [0, 0.1) is 0 Å². The van der Waals surface area contributed by atoms with Crippen molar-refractivity contribution in [3.8, 4) is 0 Å². The predicted molar refractivity (Wildman–Crippen MR) is 127 cm³/mol. The first kappa shape index (κ1) is 22.1. The van der Waals surface area contributed by atoms with Crippen molar-refractivity contribution in [2.75, 3.05) is 36.2 Å². The van der Waals surface area contributed by atoms with Gasteiger partial charge in [-0.3, -0.25) is 14.5 Å². The fourth-order valence-electron chi connectivity index (χ4n) is 4.47. The molecule has 11 heteroatoms. The van der Waals surface area contributed by atoms with E-state index < -0.39 is 6.04 Å². The molecule has 5 rings (SSSR count). The summed E-state index contributed by atoms with van der Waals surface area (Å²) in [5.74, 6) is 1.47. The fourth-order valence-corrected chi connectivity index (χ4v) is 4.47. The number of rotatable bonds is 7. The van der Waals surface area contributed by atoms with E-state index in [1.165, 1.54) is 6.20 Å². The number of anilines is 3. The number of piperidine rings is 1. The standard InChI is InChI=1S/C23H28N8O3/c1-24-20-12-18(27-16-6-5-11-30(23(16)33)19-7-3-4-10-25-19)29-21-14(13-26-31(20)21)22(32)28-15-8-9-17(15)34-2/h3-4,7,10,12-13,15-17,24H,5-6,8-9,11H2,1-2H3,(H,27,29)(H,28,32)/t15-,16?,17-/m1/s1. The zero-order chi connectivity index (χ0) is 23.7. The molecule has 1 saturated heterocycles. The summed E-state index contributed by atoms with van der Waals surface area (Å²) in [4.78, 5) is 36.8. The van der Waals surface area contributed by atoms with Gasteiger partial charge in [-0.1, -0.05) is 6.07 Å². The SMILES string of the molecule is CNc1cc(NC2CCCN(c3ccccn3)C2=O)nc2c(C(=O)N[C@@H]3CC[C@H]3OC)cnn12. The van der Waals surface area contributed by atoms with E-state index >= 15 is 0 Å². The summed E-state index contributed by atoms with van der Waals surface area (Å²) in [6, 6.07) is 6.83. The van der Waals surface area contributed by atoms with Gasteiger partial charge in [-0.05, 0) is 37.8 Å². The van der Waals surface area contributed by atoms with E-state index in [4.69, 9.17) is 4.74 Å². The molecule has 1 aliphatic carbocycles. The van der Waals surface area contributed by atoms with E-state index in [0.29, 0.717) is 41.6 Å². The van der Waals surface area contributed by atoms with Crippen LogP contribution in [0.25, 0.3) is 5.65 Å². The number of amides is 2. The summed E-state index contributed by atoms with van der Waals surface area (Å²) in [6.45, 7) is 0.624. The highest BCUT2D eigenvalue weighted by molar-refractivity contribution is 6.01. The number of hydrogen-bond donors (Lipinski definition) is 3. The number of pyridine rings is 1. The molecule has 3 atom stereocenters. The summed E-state index contributed by atoms with van der Waals surface area (Å²) in [5, 5.41) is 13.7. The Kier molecular flexibility index (Phi) is 6.01. The van der Waals surface area contributed by atoms with Gasteiger partial charge in [0.1, 0.15) is 29.1 Å². The first-order valence-corrected chi connectivity index (χ1v) is 11.5. The molecular weight excluding hydrogens is 436 g/mol. The second kappa shape index (κ2) is 9.26. The van der Waals surface area contributed by atoms with Gasteiger partial charge in [-0.15, -0.1) is 0 Å². The van der Waals surface area contributed by atoms with Crippen LogP contribution in [-0.2, 0) is 9.53 Å². The monoisotopic (exact) mass is 464 g/mol. The maximum absolute atomic E-state index is 13.2. The van der Waals surface area contributed by atoms with Gasteiger partial charge in [0.15, 0.2) is 5.65 Å². The van der Waals surface area contributed by atoms with Gasteiger partial charge in [-0.2, -0.15) is 9.61 Å². The van der Waals surface area contributed by atoms with Crippen LogP contribution in [-0.4, -0.2) is 70.3 Å². The number of nitrogens with one attached hydrogen (secondary N) is 3. The number of nitrogens with zero attached hydrogens (tertiary/aromatic N) is 5. The van der Waals surface area contributed by atoms with Crippen LogP contribution in [0.1, 0.15) is 36.0 Å². The molecule has 34 heavy (non-hydrogen) atoms. The van der Waals surface area contributed by atoms with Crippen LogP contribution in [0.3, 0.4) is 0 Å². The molecule has 4 heterocycles. The molecule has 2 fully saturated rings. The first-order valence-electron chi connectivity index (χ1n) is 11.5. The maximum Gasteiger partial charge on any atom is 0.257 e. The van der Waals surface area contributed by atoms with E-state index in [0.717, 1.165) is 19.3 Å². The Hall–Kier alpha value is -3.73. The Bertz CT molecular complexity index is 1200. The van der Waals surface area contributed by atoms with Gasteiger partial charge in [0.05, 0.1) is 18.3 Å². The number of ether oxygens (including phenoxy) is 1. The van der Waals surface area contributed by atoms with E-state index in [9.17, 15) is 9.59 Å². The third-order valence-corrected chi connectivity index (χ3v) is 6.49. The number of fused-ring (bicyclic) bond motifs is 1. The molecule has 11 nitrogen and oxygen atoms in total. The zero-order valence-corrected chi connectivity index (χ0v) is 19.2. The molecule has 3 aromatic heterocycles. The molecular formula is C23H28N8O3. The van der Waals surface area contributed by atoms with Gasteiger partial charge in [-0.25, -0.2) is 9.97 Å². The van der Waals surface area contributed by atoms with Crippen molar-refractivity contribution in [1.82, 2.24) is 24.9 Å². The van der Waals surface area contributed by atoms with Crippen LogP contribution in [0.5, 0.6) is 0 Å². The molecule has 0 aromatic carbocycles. The lowest BCUT2D eigenvalue weighted by Crippen LogP contribution is -2.51. The third-order valence-electron chi connectivity index (χ3n) is 6.49. The fraction of sp³-hybridized carbons (Fsp3) is 0.435. The van der Waals surface area contributed by atoms with Gasteiger partial charge in [0.2, 0.25) is 0 Å². The molecule has 178 valence electrons. The Balaban J connectivity index is 1.39. The highest BCUT2D eigenvalue weighted by Crippen LogP contribution is 2.25. The summed E-state index contributed by atoms with van der Waals surface area (Å²) in [6.07, 6.45) is 6.54. The average molecular weight is 465 g/mol. The molecule has 3 aromatic rings. The highest BCUT2D eigenvalue weighted by atomic mass is 16.5. The number of carbonyl (C=O) groups is 2. The lowest BCUT2D eigenvalue weighted by molar-refractivity contribution is -0.120. The van der Waals surface area contributed by atoms with Gasteiger partial charge in [0, 0.05) is 33.0 Å². The van der Waals surface area contributed by atoms with Crippen LogP contribution in [0.4, 0.5) is 17.5 Å². The van der Waals surface area contributed by atoms with E-state index in [1.54, 1.807) is 35.8 Å². The summed E-state index contributed by atoms with van der Waals surface area (Å²) >= 11 is 0. The molecule has 1 unspecified atom stereocenters. The summed E-state index contributed by atoms with van der Waals surface area (Å²) in [5.41, 5.74) is 0.775. The van der Waals surface area contributed by atoms with E-state index in [-0.39, 0.29) is 24.0 Å². The molecule has 1 saturated carbocycles. The Morgan fingerprint density at radius 1 is 1.24 bits per heavy atom. The largest absolute Gasteiger partial charge is 0.379 e. The molecule has 2 amide bonds. The van der Waals surface area contributed by atoms with Crippen LogP contribution in [0.2, 0.25) is 0 Å². The lowest BCUT2D eigenvalue weighted by Gasteiger charge is -2.35. The Morgan fingerprint density at radius 3 is 2.82 bits per heavy atom. The van der Waals surface area contributed by atoms with Crippen molar-refractivity contribution in [3.05, 3.63) is 42.2 Å². The summed E-state index contributed by atoms with van der Waals surface area (Å²) in [7, 11) is 3.42.